The number of pyridine rings is 1. The monoisotopic (exact) mass is 448 g/mol. The van der Waals surface area contributed by atoms with Crippen molar-refractivity contribution in [2.75, 3.05) is 0 Å². The molecule has 3 heteroatoms. The van der Waals surface area contributed by atoms with E-state index in [1.54, 1.807) is 18.2 Å². The van der Waals surface area contributed by atoms with Crippen molar-refractivity contribution < 1.29 is 20.1 Å². The smallest absolute Gasteiger partial charge is 0.0789 e. The van der Waals surface area contributed by atoms with E-state index < -0.39 is 0 Å². The van der Waals surface area contributed by atoms with Crippen LogP contribution in [0.5, 0.6) is 0 Å². The largest absolute Gasteiger partial charge is 0.301 e. The molecule has 103 valence electrons. The molecule has 0 fully saturated rings. The molecule has 0 aliphatic heterocycles. The maximum absolute atomic E-state index is 9.02. The molecule has 0 atom stereocenters. The minimum absolute atomic E-state index is 0. The average molecular weight is 448 g/mol. The fourth-order valence-electron chi connectivity index (χ4n) is 2.24. The Morgan fingerprint density at radius 1 is 1.19 bits per heavy atom. The summed E-state index contributed by atoms with van der Waals surface area (Å²) in [5, 5.41) is 11.1. The van der Waals surface area contributed by atoms with Gasteiger partial charge in [0.1, 0.15) is 0 Å². The third-order valence-corrected chi connectivity index (χ3v) is 3.19. The van der Waals surface area contributed by atoms with Crippen molar-refractivity contribution in [3.05, 3.63) is 72.8 Å². The van der Waals surface area contributed by atoms with Gasteiger partial charge in [-0.1, -0.05) is 24.3 Å². The fraction of sp³-hybridized carbons (Fsp3) is 0.0556. The van der Waals surface area contributed by atoms with Gasteiger partial charge < -0.3 is 4.98 Å². The Bertz CT molecular complexity index is 819. The van der Waals surface area contributed by atoms with E-state index in [-0.39, 0.29) is 20.1 Å². The van der Waals surface area contributed by atoms with Crippen LogP contribution < -0.4 is 0 Å². The molecule has 0 bridgehead atoms. The first-order chi connectivity index (χ1) is 9.81. The summed E-state index contributed by atoms with van der Waals surface area (Å²) in [6, 6.07) is 20.6. The number of hydrogen-bond donors (Lipinski definition) is 0. The van der Waals surface area contributed by atoms with Crippen LogP contribution >= 0.6 is 0 Å². The molecule has 2 nitrogen and oxygen atoms in total. The minimum Gasteiger partial charge on any atom is -0.301 e. The summed E-state index contributed by atoms with van der Waals surface area (Å²) < 4.78 is 0. The molecule has 0 amide bonds. The molecule has 0 saturated heterocycles. The Balaban J connectivity index is 0.00000161. The Morgan fingerprint density at radius 2 is 2.00 bits per heavy atom. The molecule has 0 aliphatic carbocycles. The van der Waals surface area contributed by atoms with Gasteiger partial charge in [-0.15, -0.1) is 29.8 Å². The van der Waals surface area contributed by atoms with Crippen LogP contribution in [0.1, 0.15) is 11.3 Å². The zero-order chi connectivity index (χ0) is 13.9. The molecule has 0 unspecified atom stereocenters. The molecule has 2 aromatic carbocycles. The molecule has 3 aromatic rings. The van der Waals surface area contributed by atoms with Gasteiger partial charge in [0.05, 0.1) is 6.07 Å². The van der Waals surface area contributed by atoms with Crippen molar-refractivity contribution in [3.8, 4) is 17.3 Å². The average Bonchev–Trinajstić information content (AvgIpc) is 2.53. The summed E-state index contributed by atoms with van der Waals surface area (Å²) in [6.07, 6.45) is 0.385. The molecule has 0 spiro atoms. The first kappa shape index (κ1) is 15.4. The number of nitrogens with zero attached hydrogens (tertiary/aromatic N) is 2. The summed E-state index contributed by atoms with van der Waals surface area (Å²) in [7, 11) is 0. The van der Waals surface area contributed by atoms with Gasteiger partial charge in [-0.3, -0.25) is 0 Å². The zero-order valence-electron chi connectivity index (χ0n) is 11.1. The van der Waals surface area contributed by atoms with E-state index >= 15 is 0 Å². The maximum atomic E-state index is 9.02. The normalized spacial score (nSPS) is 9.90. The van der Waals surface area contributed by atoms with Crippen LogP contribution in [0.4, 0.5) is 0 Å². The van der Waals surface area contributed by atoms with Crippen molar-refractivity contribution in [2.45, 2.75) is 6.42 Å². The number of hydrogen-bond acceptors (Lipinski definition) is 2. The number of nitriles is 1. The summed E-state index contributed by atoms with van der Waals surface area (Å²) in [5.74, 6) is 0. The summed E-state index contributed by atoms with van der Waals surface area (Å²) in [4.78, 5) is 4.60. The van der Waals surface area contributed by atoms with Crippen LogP contribution in [-0.2, 0) is 26.5 Å². The van der Waals surface area contributed by atoms with Gasteiger partial charge in [0.15, 0.2) is 0 Å². The Kier molecular flexibility index (Phi) is 4.85. The Labute approximate surface area is 137 Å². The zero-order valence-corrected chi connectivity index (χ0v) is 13.5. The van der Waals surface area contributed by atoms with E-state index in [1.807, 2.05) is 30.3 Å². The SMILES string of the molecule is [CH]Cc1cc2ccccc2c(-c2[c-]ccc(C#N)c2)n1.[Ir]. The molecule has 0 N–H and O–H groups in total. The first-order valence-corrected chi connectivity index (χ1v) is 6.33. The van der Waals surface area contributed by atoms with Crippen molar-refractivity contribution in [3.63, 3.8) is 0 Å². The quantitative estimate of drug-likeness (QED) is 0.560. The molecule has 0 aliphatic rings. The van der Waals surface area contributed by atoms with Crippen LogP contribution in [0.3, 0.4) is 0 Å². The molecular formula is C18H11IrN2-. The van der Waals surface area contributed by atoms with Crippen LogP contribution in [0.2, 0.25) is 0 Å². The molecule has 3 radical (unpaired) electrons. The van der Waals surface area contributed by atoms with Gasteiger partial charge in [-0.05, 0) is 41.4 Å². The van der Waals surface area contributed by atoms with Crippen molar-refractivity contribution in [2.24, 2.45) is 0 Å². The molecular weight excluding hydrogens is 436 g/mol. The van der Waals surface area contributed by atoms with Gasteiger partial charge in [-0.2, -0.15) is 5.26 Å². The second-order valence-electron chi connectivity index (χ2n) is 4.49. The van der Waals surface area contributed by atoms with E-state index in [4.69, 9.17) is 12.2 Å². The first-order valence-electron chi connectivity index (χ1n) is 6.33. The molecule has 21 heavy (non-hydrogen) atoms. The number of rotatable bonds is 2. The van der Waals surface area contributed by atoms with Crippen LogP contribution in [-0.4, -0.2) is 4.98 Å². The van der Waals surface area contributed by atoms with Gasteiger partial charge in [0.25, 0.3) is 0 Å². The minimum atomic E-state index is 0. The maximum Gasteiger partial charge on any atom is 0.0789 e. The van der Waals surface area contributed by atoms with Gasteiger partial charge in [0, 0.05) is 25.8 Å². The second-order valence-corrected chi connectivity index (χ2v) is 4.49. The Hall–Kier alpha value is -2.01. The van der Waals surface area contributed by atoms with E-state index in [0.29, 0.717) is 12.0 Å². The Morgan fingerprint density at radius 3 is 2.76 bits per heavy atom. The van der Waals surface area contributed by atoms with Crippen molar-refractivity contribution in [1.29, 1.82) is 5.26 Å². The van der Waals surface area contributed by atoms with E-state index in [9.17, 15) is 0 Å². The molecule has 1 aromatic heterocycles. The third kappa shape index (κ3) is 3.03. The molecule has 0 saturated carbocycles. The molecule has 3 rings (SSSR count). The number of fused-ring (bicyclic) bond motifs is 1. The molecule has 1 heterocycles. The summed E-state index contributed by atoms with van der Waals surface area (Å²) >= 11 is 0. The summed E-state index contributed by atoms with van der Waals surface area (Å²) in [5.41, 5.74) is 3.06. The summed E-state index contributed by atoms with van der Waals surface area (Å²) in [6.45, 7) is 5.72. The topological polar surface area (TPSA) is 36.7 Å². The van der Waals surface area contributed by atoms with E-state index in [2.05, 4.69) is 17.1 Å². The predicted molar refractivity (Wildman–Crippen MR) is 78.7 cm³/mol. The van der Waals surface area contributed by atoms with E-state index in [1.165, 1.54) is 0 Å². The van der Waals surface area contributed by atoms with Crippen molar-refractivity contribution >= 4 is 10.8 Å². The fourth-order valence-corrected chi connectivity index (χ4v) is 2.24. The number of aromatic nitrogens is 1. The van der Waals surface area contributed by atoms with Crippen LogP contribution in [0, 0.1) is 24.3 Å². The second kappa shape index (κ2) is 6.63. The van der Waals surface area contributed by atoms with Crippen LogP contribution in [0.15, 0.2) is 48.5 Å². The third-order valence-electron chi connectivity index (χ3n) is 3.19. The van der Waals surface area contributed by atoms with Crippen molar-refractivity contribution in [1.82, 2.24) is 4.98 Å². The van der Waals surface area contributed by atoms with Gasteiger partial charge in [-0.25, -0.2) is 0 Å². The van der Waals surface area contributed by atoms with Crippen LogP contribution in [0.25, 0.3) is 22.0 Å². The predicted octanol–water partition coefficient (Wildman–Crippen LogP) is 3.82. The van der Waals surface area contributed by atoms with Gasteiger partial charge >= 0.3 is 0 Å². The van der Waals surface area contributed by atoms with Gasteiger partial charge in [0.2, 0.25) is 0 Å². The number of benzene rings is 2. The van der Waals surface area contributed by atoms with E-state index in [0.717, 1.165) is 27.7 Å². The standard InChI is InChI=1S/C18H11N2.Ir/c1-2-16-11-14-7-3-4-9-17(14)18(20-16)15-8-5-6-13(10-15)12-19;/h1,3-7,9-11H,2H2;/q-1;.